The molecule has 1 aliphatic rings. The molecule has 7 heteroatoms. The topological polar surface area (TPSA) is 80.0 Å². The number of anilines is 1. The molecule has 2 aromatic carbocycles. The van der Waals surface area contributed by atoms with Gasteiger partial charge in [0.05, 0.1) is 18.4 Å². The summed E-state index contributed by atoms with van der Waals surface area (Å²) in [6.45, 7) is 1.73. The average molecular weight is 407 g/mol. The van der Waals surface area contributed by atoms with Gasteiger partial charge in [-0.25, -0.2) is 4.39 Å². The van der Waals surface area contributed by atoms with Gasteiger partial charge in [-0.2, -0.15) is 0 Å². The van der Waals surface area contributed by atoms with Crippen LogP contribution in [0.5, 0.6) is 5.75 Å². The molecule has 152 valence electrons. The minimum absolute atomic E-state index is 0.146. The third kappa shape index (κ3) is 3.14. The molecule has 0 radical (unpaired) electrons. The first-order valence-corrected chi connectivity index (χ1v) is 9.18. The molecule has 6 nitrogen and oxygen atoms in total. The van der Waals surface area contributed by atoms with Crippen molar-refractivity contribution in [3.8, 4) is 5.75 Å². The van der Waals surface area contributed by atoms with E-state index in [1.165, 1.54) is 24.1 Å². The average Bonchev–Trinajstić information content (AvgIpc) is 3.29. The summed E-state index contributed by atoms with van der Waals surface area (Å²) in [6, 6.07) is 14.1. The number of nitrogens with zero attached hydrogens (tertiary/aromatic N) is 1. The summed E-state index contributed by atoms with van der Waals surface area (Å²) in [5, 5.41) is 10.9. The molecular formula is C23H18FNO5. The van der Waals surface area contributed by atoms with Gasteiger partial charge in [-0.05, 0) is 55.5 Å². The zero-order chi connectivity index (χ0) is 21.4. The number of aliphatic hydroxyl groups is 1. The quantitative estimate of drug-likeness (QED) is 0.395. The molecule has 3 aromatic rings. The number of rotatable bonds is 4. The molecule has 30 heavy (non-hydrogen) atoms. The van der Waals surface area contributed by atoms with Gasteiger partial charge in [-0.15, -0.1) is 0 Å². The second-order valence-electron chi connectivity index (χ2n) is 6.80. The summed E-state index contributed by atoms with van der Waals surface area (Å²) < 4.78 is 24.4. The maximum Gasteiger partial charge on any atom is 0.300 e. The zero-order valence-corrected chi connectivity index (χ0v) is 16.3. The first-order valence-electron chi connectivity index (χ1n) is 9.18. The van der Waals surface area contributed by atoms with Gasteiger partial charge in [0.25, 0.3) is 11.7 Å². The van der Waals surface area contributed by atoms with Gasteiger partial charge < -0.3 is 14.3 Å². The Balaban J connectivity index is 1.96. The van der Waals surface area contributed by atoms with Crippen molar-refractivity contribution in [1.82, 2.24) is 0 Å². The Kier molecular flexibility index (Phi) is 4.87. The summed E-state index contributed by atoms with van der Waals surface area (Å²) in [5.74, 6) is -1.33. The Morgan fingerprint density at radius 3 is 2.40 bits per heavy atom. The van der Waals surface area contributed by atoms with E-state index >= 15 is 0 Å². The highest BCUT2D eigenvalue weighted by Crippen LogP contribution is 2.45. The number of ether oxygens (including phenoxy) is 1. The third-order valence-electron chi connectivity index (χ3n) is 4.94. The van der Waals surface area contributed by atoms with Crippen LogP contribution in [-0.2, 0) is 9.59 Å². The van der Waals surface area contributed by atoms with Gasteiger partial charge in [0.1, 0.15) is 34.9 Å². The number of carbonyl (C=O) groups is 2. The number of halogens is 1. The standard InChI is InChI=1S/C23H18FNO5/c1-13-7-12-18(30-13)20-19(21(26)14-8-10-15(24)11-9-14)22(27)23(28)25(20)16-5-3-4-6-17(16)29-2/h3-12,20,26H,1-2H3/b21-19-. The second kappa shape index (κ2) is 7.51. The van der Waals surface area contributed by atoms with Gasteiger partial charge in [-0.3, -0.25) is 14.5 Å². The smallest absolute Gasteiger partial charge is 0.300 e. The van der Waals surface area contributed by atoms with Crippen molar-refractivity contribution in [1.29, 1.82) is 0 Å². The lowest BCUT2D eigenvalue weighted by Crippen LogP contribution is -2.29. The fourth-order valence-corrected chi connectivity index (χ4v) is 3.54. The number of methoxy groups -OCH3 is 1. The second-order valence-corrected chi connectivity index (χ2v) is 6.80. The zero-order valence-electron chi connectivity index (χ0n) is 16.3. The highest BCUT2D eigenvalue weighted by molar-refractivity contribution is 6.51. The van der Waals surface area contributed by atoms with E-state index < -0.39 is 29.3 Å². The van der Waals surface area contributed by atoms with Crippen molar-refractivity contribution in [2.45, 2.75) is 13.0 Å². The molecule has 0 bridgehead atoms. The minimum Gasteiger partial charge on any atom is -0.507 e. The van der Waals surface area contributed by atoms with Crippen molar-refractivity contribution < 1.29 is 28.2 Å². The summed E-state index contributed by atoms with van der Waals surface area (Å²) in [6.07, 6.45) is 0. The van der Waals surface area contributed by atoms with Crippen LogP contribution in [0.3, 0.4) is 0 Å². The number of para-hydroxylation sites is 2. The predicted octanol–water partition coefficient (Wildman–Crippen LogP) is 4.36. The Morgan fingerprint density at radius 2 is 1.77 bits per heavy atom. The van der Waals surface area contributed by atoms with Crippen LogP contribution in [0, 0.1) is 12.7 Å². The maximum absolute atomic E-state index is 13.3. The molecule has 1 aliphatic heterocycles. The predicted molar refractivity (Wildman–Crippen MR) is 108 cm³/mol. The molecule has 0 saturated carbocycles. The van der Waals surface area contributed by atoms with Crippen molar-refractivity contribution in [2.24, 2.45) is 0 Å². The van der Waals surface area contributed by atoms with E-state index in [1.807, 2.05) is 0 Å². The van der Waals surface area contributed by atoms with E-state index in [0.717, 1.165) is 12.1 Å². The van der Waals surface area contributed by atoms with Crippen LogP contribution in [0.1, 0.15) is 23.1 Å². The lowest BCUT2D eigenvalue weighted by Gasteiger charge is -2.25. The lowest BCUT2D eigenvalue weighted by molar-refractivity contribution is -0.132. The first kappa shape index (κ1) is 19.4. The van der Waals surface area contributed by atoms with Gasteiger partial charge in [0, 0.05) is 5.56 Å². The van der Waals surface area contributed by atoms with E-state index in [9.17, 15) is 19.1 Å². The number of amides is 1. The van der Waals surface area contributed by atoms with Crippen LogP contribution in [0.4, 0.5) is 10.1 Å². The minimum atomic E-state index is -1.01. The number of hydrogen-bond donors (Lipinski definition) is 1. The number of aryl methyl sites for hydroxylation is 1. The number of furan rings is 1. The van der Waals surface area contributed by atoms with E-state index in [0.29, 0.717) is 23.0 Å². The molecule has 4 rings (SSSR count). The first-order chi connectivity index (χ1) is 14.4. The lowest BCUT2D eigenvalue weighted by atomic mass is 9.99. The van der Waals surface area contributed by atoms with Crippen LogP contribution in [0.2, 0.25) is 0 Å². The molecule has 1 aromatic heterocycles. The van der Waals surface area contributed by atoms with Gasteiger partial charge in [0.2, 0.25) is 0 Å². The maximum atomic E-state index is 13.3. The number of Topliss-reactive ketones (excluding diaryl/α,β-unsaturated/α-hetero) is 1. The van der Waals surface area contributed by atoms with Crippen LogP contribution >= 0.6 is 0 Å². The van der Waals surface area contributed by atoms with Crippen LogP contribution in [0.25, 0.3) is 5.76 Å². The van der Waals surface area contributed by atoms with Crippen molar-refractivity contribution in [3.05, 3.63) is 89.1 Å². The molecule has 0 spiro atoms. The fourth-order valence-electron chi connectivity index (χ4n) is 3.54. The molecule has 1 saturated heterocycles. The number of ketones is 1. The Labute approximate surface area is 171 Å². The summed E-state index contributed by atoms with van der Waals surface area (Å²) in [5.41, 5.74) is 0.425. The molecule has 1 unspecified atom stereocenters. The highest BCUT2D eigenvalue weighted by Gasteiger charge is 2.49. The molecular weight excluding hydrogens is 389 g/mol. The largest absolute Gasteiger partial charge is 0.507 e. The summed E-state index contributed by atoms with van der Waals surface area (Å²) in [7, 11) is 1.46. The van der Waals surface area contributed by atoms with E-state index in [-0.39, 0.29) is 11.1 Å². The molecule has 1 fully saturated rings. The van der Waals surface area contributed by atoms with Crippen molar-refractivity contribution >= 4 is 23.1 Å². The Hall–Kier alpha value is -3.87. The monoisotopic (exact) mass is 407 g/mol. The van der Waals surface area contributed by atoms with Crippen LogP contribution < -0.4 is 9.64 Å². The van der Waals surface area contributed by atoms with Crippen molar-refractivity contribution in [3.63, 3.8) is 0 Å². The van der Waals surface area contributed by atoms with E-state index in [4.69, 9.17) is 9.15 Å². The van der Waals surface area contributed by atoms with E-state index in [2.05, 4.69) is 0 Å². The van der Waals surface area contributed by atoms with E-state index in [1.54, 1.807) is 43.3 Å². The Morgan fingerprint density at radius 1 is 1.07 bits per heavy atom. The molecule has 0 aliphatic carbocycles. The van der Waals surface area contributed by atoms with Crippen LogP contribution in [0.15, 0.2) is 70.7 Å². The summed E-state index contributed by atoms with van der Waals surface area (Å²) >= 11 is 0. The van der Waals surface area contributed by atoms with Crippen LogP contribution in [-0.4, -0.2) is 23.9 Å². The number of aliphatic hydroxyl groups excluding tert-OH is 1. The highest BCUT2D eigenvalue weighted by atomic mass is 19.1. The van der Waals surface area contributed by atoms with Gasteiger partial charge in [0.15, 0.2) is 0 Å². The number of benzene rings is 2. The molecule has 1 amide bonds. The van der Waals surface area contributed by atoms with Gasteiger partial charge in [-0.1, -0.05) is 12.1 Å². The SMILES string of the molecule is COc1ccccc1N1C(=O)C(=O)/C(=C(\O)c2ccc(F)cc2)C1c1ccc(C)o1. The molecule has 2 heterocycles. The number of hydrogen-bond acceptors (Lipinski definition) is 5. The van der Waals surface area contributed by atoms with Crippen molar-refractivity contribution in [2.75, 3.05) is 12.0 Å². The summed E-state index contributed by atoms with van der Waals surface area (Å²) in [4.78, 5) is 27.3. The third-order valence-corrected chi connectivity index (χ3v) is 4.94. The number of carbonyl (C=O) groups excluding carboxylic acids is 2. The fraction of sp³-hybridized carbons (Fsp3) is 0.130. The van der Waals surface area contributed by atoms with Gasteiger partial charge >= 0.3 is 0 Å². The Bertz CT molecular complexity index is 1160. The molecule has 1 atom stereocenters. The molecule has 1 N–H and O–H groups in total. The normalized spacial score (nSPS) is 18.1.